The number of carbonyl (C=O) groups is 3. The van der Waals surface area contributed by atoms with Crippen molar-refractivity contribution in [3.05, 3.63) is 59.2 Å². The molecule has 182 valence electrons. The SMILES string of the molecule is CCNC(=O)N1CCc2cc(C(=O)CCCCN(CCc3ccccc3OC)C(=O)O)ccc21. The molecule has 0 radical (unpaired) electrons. The van der Waals surface area contributed by atoms with E-state index in [2.05, 4.69) is 5.32 Å². The van der Waals surface area contributed by atoms with Crippen molar-refractivity contribution in [2.24, 2.45) is 0 Å². The Kier molecular flexibility index (Phi) is 8.90. The van der Waals surface area contributed by atoms with Gasteiger partial charge in [0.1, 0.15) is 5.75 Å². The molecule has 8 nitrogen and oxygen atoms in total. The molecule has 3 rings (SSSR count). The highest BCUT2D eigenvalue weighted by Gasteiger charge is 2.25. The van der Waals surface area contributed by atoms with E-state index in [0.717, 1.165) is 29.0 Å². The highest BCUT2D eigenvalue weighted by molar-refractivity contribution is 5.99. The van der Waals surface area contributed by atoms with Crippen LogP contribution in [0.2, 0.25) is 0 Å². The van der Waals surface area contributed by atoms with E-state index in [1.54, 1.807) is 18.1 Å². The van der Waals surface area contributed by atoms with Gasteiger partial charge in [-0.2, -0.15) is 0 Å². The van der Waals surface area contributed by atoms with E-state index in [1.807, 2.05) is 43.3 Å². The molecular formula is C26H33N3O5. The van der Waals surface area contributed by atoms with E-state index in [9.17, 15) is 19.5 Å². The minimum absolute atomic E-state index is 0.0372. The first-order chi connectivity index (χ1) is 16.4. The van der Waals surface area contributed by atoms with Crippen molar-refractivity contribution < 1.29 is 24.2 Å². The van der Waals surface area contributed by atoms with Crippen molar-refractivity contribution in [3.63, 3.8) is 0 Å². The normalized spacial score (nSPS) is 12.2. The van der Waals surface area contributed by atoms with Gasteiger partial charge in [-0.25, -0.2) is 9.59 Å². The van der Waals surface area contributed by atoms with Gasteiger partial charge in [-0.3, -0.25) is 9.69 Å². The molecule has 34 heavy (non-hydrogen) atoms. The fourth-order valence-electron chi connectivity index (χ4n) is 4.23. The Bertz CT molecular complexity index is 1020. The highest BCUT2D eigenvalue weighted by Crippen LogP contribution is 2.29. The number of hydrogen-bond donors (Lipinski definition) is 2. The van der Waals surface area contributed by atoms with Crippen LogP contribution in [0, 0.1) is 0 Å². The molecule has 0 unspecified atom stereocenters. The fraction of sp³-hybridized carbons (Fsp3) is 0.423. The number of nitrogens with one attached hydrogen (secondary N) is 1. The molecule has 1 aliphatic rings. The van der Waals surface area contributed by atoms with Crippen LogP contribution in [0.3, 0.4) is 0 Å². The topological polar surface area (TPSA) is 99.2 Å². The number of carbonyl (C=O) groups excluding carboxylic acids is 2. The molecule has 0 bridgehead atoms. The lowest BCUT2D eigenvalue weighted by Crippen LogP contribution is -2.38. The monoisotopic (exact) mass is 467 g/mol. The summed E-state index contributed by atoms with van der Waals surface area (Å²) >= 11 is 0. The van der Waals surface area contributed by atoms with E-state index < -0.39 is 6.09 Å². The number of methoxy groups -OCH3 is 1. The maximum Gasteiger partial charge on any atom is 0.407 e. The maximum atomic E-state index is 12.7. The average molecular weight is 468 g/mol. The first-order valence-electron chi connectivity index (χ1n) is 11.8. The van der Waals surface area contributed by atoms with Crippen molar-refractivity contribution in [2.45, 2.75) is 39.0 Å². The van der Waals surface area contributed by atoms with Crippen molar-refractivity contribution in [2.75, 3.05) is 38.2 Å². The summed E-state index contributed by atoms with van der Waals surface area (Å²) in [7, 11) is 1.60. The second-order valence-electron chi connectivity index (χ2n) is 8.29. The predicted molar refractivity (Wildman–Crippen MR) is 131 cm³/mol. The molecule has 0 saturated heterocycles. The Morgan fingerprint density at radius 1 is 1.12 bits per heavy atom. The summed E-state index contributed by atoms with van der Waals surface area (Å²) in [6, 6.07) is 13.0. The summed E-state index contributed by atoms with van der Waals surface area (Å²) in [5, 5.41) is 12.4. The van der Waals surface area contributed by atoms with Gasteiger partial charge in [0.05, 0.1) is 7.11 Å². The number of anilines is 1. The Labute approximate surface area is 200 Å². The first kappa shape index (κ1) is 25.1. The Morgan fingerprint density at radius 3 is 2.65 bits per heavy atom. The van der Waals surface area contributed by atoms with Gasteiger partial charge in [0.2, 0.25) is 0 Å². The number of para-hydroxylation sites is 1. The number of nitrogens with zero attached hydrogens (tertiary/aromatic N) is 2. The van der Waals surface area contributed by atoms with Crippen LogP contribution < -0.4 is 15.0 Å². The fourth-order valence-corrected chi connectivity index (χ4v) is 4.23. The lowest BCUT2D eigenvalue weighted by atomic mass is 10.0. The van der Waals surface area contributed by atoms with Crippen LogP contribution in [-0.4, -0.2) is 61.2 Å². The van der Waals surface area contributed by atoms with Crippen LogP contribution in [-0.2, 0) is 12.8 Å². The number of unbranched alkanes of at least 4 members (excludes halogenated alkanes) is 1. The molecule has 0 spiro atoms. The van der Waals surface area contributed by atoms with Gasteiger partial charge in [-0.15, -0.1) is 0 Å². The Balaban J connectivity index is 1.47. The van der Waals surface area contributed by atoms with Crippen LogP contribution in [0.1, 0.15) is 47.7 Å². The molecule has 3 amide bonds. The van der Waals surface area contributed by atoms with E-state index in [4.69, 9.17) is 4.74 Å². The zero-order valence-corrected chi connectivity index (χ0v) is 19.9. The maximum absolute atomic E-state index is 12.7. The average Bonchev–Trinajstić information content (AvgIpc) is 3.27. The molecule has 0 aliphatic carbocycles. The third-order valence-corrected chi connectivity index (χ3v) is 6.07. The molecule has 0 atom stereocenters. The summed E-state index contributed by atoms with van der Waals surface area (Å²) in [6.07, 6.45) is 1.92. The Morgan fingerprint density at radius 2 is 1.91 bits per heavy atom. The number of hydrogen-bond acceptors (Lipinski definition) is 4. The van der Waals surface area contributed by atoms with Gasteiger partial charge in [-0.1, -0.05) is 18.2 Å². The number of carboxylic acid groups (broad SMARTS) is 1. The van der Waals surface area contributed by atoms with Crippen LogP contribution in [0.4, 0.5) is 15.3 Å². The van der Waals surface area contributed by atoms with Crippen LogP contribution in [0.5, 0.6) is 5.75 Å². The number of fused-ring (bicyclic) bond motifs is 1. The van der Waals surface area contributed by atoms with E-state index in [-0.39, 0.29) is 11.8 Å². The number of urea groups is 1. The molecule has 2 N–H and O–H groups in total. The third-order valence-electron chi connectivity index (χ3n) is 6.07. The first-order valence-corrected chi connectivity index (χ1v) is 11.8. The summed E-state index contributed by atoms with van der Waals surface area (Å²) in [5.41, 5.74) is 3.47. The second kappa shape index (κ2) is 12.1. The molecule has 1 heterocycles. The minimum atomic E-state index is -0.962. The van der Waals surface area contributed by atoms with Crippen LogP contribution >= 0.6 is 0 Å². The standard InChI is InChI=1S/C26H33N3O5/c1-3-27-25(31)29-17-14-20-18-21(11-12-22(20)29)23(30)9-6-7-15-28(26(32)33)16-13-19-8-4-5-10-24(19)34-2/h4-5,8,10-12,18H,3,6-7,9,13-17H2,1-2H3,(H,27,31)(H,32,33). The van der Waals surface area contributed by atoms with E-state index in [1.165, 1.54) is 4.90 Å². The quantitative estimate of drug-likeness (QED) is 0.378. The zero-order chi connectivity index (χ0) is 24.5. The molecule has 0 saturated carbocycles. The lowest BCUT2D eigenvalue weighted by molar-refractivity contribution is 0.0978. The van der Waals surface area contributed by atoms with E-state index in [0.29, 0.717) is 57.4 Å². The largest absolute Gasteiger partial charge is 0.496 e. The molecule has 1 aliphatic heterocycles. The van der Waals surface area contributed by atoms with Crippen LogP contribution in [0.15, 0.2) is 42.5 Å². The van der Waals surface area contributed by atoms with Crippen molar-refractivity contribution in [1.29, 1.82) is 0 Å². The van der Waals surface area contributed by atoms with E-state index >= 15 is 0 Å². The second-order valence-corrected chi connectivity index (χ2v) is 8.29. The smallest absolute Gasteiger partial charge is 0.407 e. The van der Waals surface area contributed by atoms with Crippen molar-refractivity contribution >= 4 is 23.6 Å². The summed E-state index contributed by atoms with van der Waals surface area (Å²) in [4.78, 5) is 39.6. The summed E-state index contributed by atoms with van der Waals surface area (Å²) in [6.45, 7) is 3.81. The number of benzene rings is 2. The van der Waals surface area contributed by atoms with Crippen molar-refractivity contribution in [3.8, 4) is 5.75 Å². The molecule has 2 aromatic carbocycles. The predicted octanol–water partition coefficient (Wildman–Crippen LogP) is 4.36. The zero-order valence-electron chi connectivity index (χ0n) is 19.9. The van der Waals surface area contributed by atoms with Crippen LogP contribution in [0.25, 0.3) is 0 Å². The number of Topliss-reactive ketones (excluding diaryl/α,β-unsaturated/α-hetero) is 1. The summed E-state index contributed by atoms with van der Waals surface area (Å²) < 4.78 is 5.34. The lowest BCUT2D eigenvalue weighted by Gasteiger charge is -2.19. The van der Waals surface area contributed by atoms with Gasteiger partial charge < -0.3 is 20.1 Å². The molecule has 0 aromatic heterocycles. The number of ketones is 1. The van der Waals surface area contributed by atoms with Gasteiger partial charge in [0.25, 0.3) is 0 Å². The number of rotatable bonds is 11. The van der Waals surface area contributed by atoms with Gasteiger partial charge in [-0.05, 0) is 68.0 Å². The number of amides is 3. The summed E-state index contributed by atoms with van der Waals surface area (Å²) in [5.74, 6) is 0.789. The molecular weight excluding hydrogens is 434 g/mol. The Hall–Kier alpha value is -3.55. The third kappa shape index (κ3) is 6.27. The number of ether oxygens (including phenoxy) is 1. The molecule has 0 fully saturated rings. The molecule has 2 aromatic rings. The van der Waals surface area contributed by atoms with Gasteiger partial charge in [0.15, 0.2) is 5.78 Å². The minimum Gasteiger partial charge on any atom is -0.496 e. The van der Waals surface area contributed by atoms with Gasteiger partial charge in [0, 0.05) is 43.9 Å². The van der Waals surface area contributed by atoms with Gasteiger partial charge >= 0.3 is 12.1 Å². The van der Waals surface area contributed by atoms with Crippen molar-refractivity contribution in [1.82, 2.24) is 10.2 Å². The molecule has 8 heteroatoms. The highest BCUT2D eigenvalue weighted by atomic mass is 16.5.